The Morgan fingerprint density at radius 1 is 0.738 bits per heavy atom. The summed E-state index contributed by atoms with van der Waals surface area (Å²) >= 11 is 2.52. The molecule has 0 amide bonds. The first kappa shape index (κ1) is 32.0. The minimum Gasteiger partial charge on any atom is -0.155 e. The van der Waals surface area contributed by atoms with Gasteiger partial charge in [0.2, 0.25) is 0 Å². The van der Waals surface area contributed by atoms with Gasteiger partial charge in [0.1, 0.15) is 0 Å². The van der Waals surface area contributed by atoms with Crippen LogP contribution in [0.3, 0.4) is 0 Å². The second-order valence-electron chi connectivity index (χ2n) is 18.7. The van der Waals surface area contributed by atoms with Gasteiger partial charge >= 0.3 is 0 Å². The molecule has 0 spiro atoms. The van der Waals surface area contributed by atoms with Gasteiger partial charge in [0.15, 0.2) is 0 Å². The van der Waals surface area contributed by atoms with Crippen LogP contribution in [0, 0.1) is 70.5 Å². The molecule has 1 heterocycles. The minimum absolute atomic E-state index is 0.494. The number of hydrogen-bond acceptors (Lipinski definition) is 1. The Kier molecular flexibility index (Phi) is 9.40. The van der Waals surface area contributed by atoms with E-state index in [1.165, 1.54) is 64.2 Å². The summed E-state index contributed by atoms with van der Waals surface area (Å²) in [6, 6.07) is 0. The lowest BCUT2D eigenvalue weighted by Crippen LogP contribution is -2.47. The van der Waals surface area contributed by atoms with Crippen LogP contribution in [-0.2, 0) is 0 Å². The molecule has 0 nitrogen and oxygen atoms in total. The van der Waals surface area contributed by atoms with Gasteiger partial charge in [0, 0.05) is 10.5 Å². The quantitative estimate of drug-likeness (QED) is 0.280. The van der Waals surface area contributed by atoms with Crippen molar-refractivity contribution in [3.8, 4) is 0 Å². The van der Waals surface area contributed by atoms with Gasteiger partial charge in [0.25, 0.3) is 0 Å². The first-order valence-electron chi connectivity index (χ1n) is 18.9. The fraction of sp³-hybridized carbons (Fsp3) is 0.900. The summed E-state index contributed by atoms with van der Waals surface area (Å²) in [5.41, 5.74) is 2.47. The van der Waals surface area contributed by atoms with E-state index in [4.69, 9.17) is 0 Å². The summed E-state index contributed by atoms with van der Waals surface area (Å²) in [5, 5.41) is 1.83. The SMILES string of the molecule is CC(C)C1CC2C(SC(C)C2C2CCC(C(C)(C)C)CC2)C1[Si](C)(C)C1C(C)CC2C(C3CCCCC3)C=CC=CC21. The smallest absolute Gasteiger partial charge is 0.0558 e. The van der Waals surface area contributed by atoms with E-state index in [1.54, 1.807) is 6.42 Å². The van der Waals surface area contributed by atoms with Crippen molar-refractivity contribution in [3.63, 3.8) is 0 Å². The number of thioether (sulfide) groups is 1. The summed E-state index contributed by atoms with van der Waals surface area (Å²) in [6.45, 7) is 23.9. The molecule has 0 aromatic heterocycles. The van der Waals surface area contributed by atoms with Gasteiger partial charge in [-0.25, -0.2) is 0 Å². The minimum atomic E-state index is -1.57. The largest absolute Gasteiger partial charge is 0.155 e. The maximum atomic E-state index is 2.92. The molecule has 1 saturated heterocycles. The van der Waals surface area contributed by atoms with Crippen molar-refractivity contribution in [2.24, 2.45) is 70.5 Å². The monoisotopic (exact) mass is 608 g/mol. The first-order chi connectivity index (χ1) is 19.9. The van der Waals surface area contributed by atoms with Crippen LogP contribution in [-0.4, -0.2) is 18.6 Å². The fourth-order valence-electron chi connectivity index (χ4n) is 13.2. The molecule has 11 atom stereocenters. The fourth-order valence-corrected chi connectivity index (χ4v) is 22.5. The highest BCUT2D eigenvalue weighted by Gasteiger charge is 2.63. The molecule has 2 heteroatoms. The molecule has 0 aromatic carbocycles. The highest BCUT2D eigenvalue weighted by molar-refractivity contribution is 8.00. The van der Waals surface area contributed by atoms with Gasteiger partial charge in [-0.05, 0) is 133 Å². The molecule has 4 saturated carbocycles. The molecular formula is C40H68SSi. The van der Waals surface area contributed by atoms with E-state index < -0.39 is 8.07 Å². The molecule has 1 aliphatic heterocycles. The molecule has 0 aromatic rings. The highest BCUT2D eigenvalue weighted by atomic mass is 32.2. The Morgan fingerprint density at radius 3 is 2.00 bits per heavy atom. The summed E-state index contributed by atoms with van der Waals surface area (Å²) in [5.74, 6) is 10.2. The molecule has 0 bridgehead atoms. The first-order valence-corrected chi connectivity index (χ1v) is 23.0. The Morgan fingerprint density at radius 2 is 1.38 bits per heavy atom. The Labute approximate surface area is 267 Å². The van der Waals surface area contributed by atoms with Crippen molar-refractivity contribution in [3.05, 3.63) is 24.3 Å². The molecule has 11 unspecified atom stereocenters. The Balaban J connectivity index is 1.25. The van der Waals surface area contributed by atoms with Crippen molar-refractivity contribution in [2.45, 2.75) is 154 Å². The van der Waals surface area contributed by atoms with Crippen LogP contribution in [0.5, 0.6) is 0 Å². The van der Waals surface area contributed by atoms with E-state index in [0.717, 1.165) is 86.7 Å². The molecule has 6 rings (SSSR count). The number of hydrogen-bond donors (Lipinski definition) is 0. The number of rotatable bonds is 5. The lowest BCUT2D eigenvalue weighted by Gasteiger charge is -2.47. The highest BCUT2D eigenvalue weighted by Crippen LogP contribution is 2.69. The van der Waals surface area contributed by atoms with Crippen molar-refractivity contribution >= 4 is 19.8 Å². The number of fused-ring (bicyclic) bond motifs is 2. The van der Waals surface area contributed by atoms with Crippen LogP contribution in [0.1, 0.15) is 119 Å². The van der Waals surface area contributed by atoms with E-state index in [2.05, 4.69) is 97.6 Å². The van der Waals surface area contributed by atoms with Crippen molar-refractivity contribution in [1.29, 1.82) is 0 Å². The van der Waals surface area contributed by atoms with Crippen LogP contribution in [0.4, 0.5) is 0 Å². The maximum Gasteiger partial charge on any atom is 0.0558 e. The third-order valence-electron chi connectivity index (χ3n) is 14.9. The van der Waals surface area contributed by atoms with Gasteiger partial charge in [-0.3, -0.25) is 0 Å². The maximum absolute atomic E-state index is 2.92. The van der Waals surface area contributed by atoms with Crippen LogP contribution in [0.25, 0.3) is 0 Å². The predicted molar refractivity (Wildman–Crippen MR) is 190 cm³/mol. The molecule has 6 aliphatic rings. The van der Waals surface area contributed by atoms with E-state index in [1.807, 2.05) is 0 Å². The third kappa shape index (κ3) is 5.75. The molecule has 238 valence electrons. The van der Waals surface area contributed by atoms with Gasteiger partial charge in [-0.15, -0.1) is 0 Å². The second-order valence-corrected chi connectivity index (χ2v) is 25.3. The molecule has 42 heavy (non-hydrogen) atoms. The van der Waals surface area contributed by atoms with Crippen molar-refractivity contribution in [1.82, 2.24) is 0 Å². The molecule has 5 aliphatic carbocycles. The van der Waals surface area contributed by atoms with Gasteiger partial charge in [-0.1, -0.05) is 105 Å². The van der Waals surface area contributed by atoms with Gasteiger partial charge in [-0.2, -0.15) is 11.8 Å². The lowest BCUT2D eigenvalue weighted by molar-refractivity contribution is 0.106. The molecule has 5 fully saturated rings. The normalized spacial score (nSPS) is 46.7. The Hall–Kier alpha value is 0.0469. The summed E-state index contributed by atoms with van der Waals surface area (Å²) in [7, 11) is -1.57. The summed E-state index contributed by atoms with van der Waals surface area (Å²) in [4.78, 5) is 0. The van der Waals surface area contributed by atoms with Crippen LogP contribution in [0.2, 0.25) is 24.2 Å². The zero-order valence-electron chi connectivity index (χ0n) is 29.2. The predicted octanol–water partition coefficient (Wildman–Crippen LogP) is 12.3. The molecular weight excluding hydrogens is 541 g/mol. The summed E-state index contributed by atoms with van der Waals surface area (Å²) in [6.07, 6.45) is 26.9. The average Bonchev–Trinajstić information content (AvgIpc) is 3.52. The average molecular weight is 609 g/mol. The Bertz CT molecular complexity index is 972. The van der Waals surface area contributed by atoms with E-state index >= 15 is 0 Å². The zero-order chi connectivity index (χ0) is 30.0. The molecule has 0 radical (unpaired) electrons. The van der Waals surface area contributed by atoms with Crippen LogP contribution in [0.15, 0.2) is 24.3 Å². The third-order valence-corrected chi connectivity index (χ3v) is 22.1. The second kappa shape index (κ2) is 12.3. The van der Waals surface area contributed by atoms with Crippen LogP contribution >= 0.6 is 11.8 Å². The topological polar surface area (TPSA) is 0 Å². The zero-order valence-corrected chi connectivity index (χ0v) is 31.0. The van der Waals surface area contributed by atoms with E-state index in [9.17, 15) is 0 Å². The lowest BCUT2D eigenvalue weighted by atomic mass is 9.65. The molecule has 0 N–H and O–H groups in total. The van der Waals surface area contributed by atoms with E-state index in [0.29, 0.717) is 5.41 Å². The number of allylic oxidation sites excluding steroid dienone is 4. The van der Waals surface area contributed by atoms with Gasteiger partial charge < -0.3 is 0 Å². The van der Waals surface area contributed by atoms with Crippen LogP contribution < -0.4 is 0 Å². The van der Waals surface area contributed by atoms with Gasteiger partial charge in [0.05, 0.1) is 8.07 Å². The van der Waals surface area contributed by atoms with E-state index in [-0.39, 0.29) is 0 Å². The van der Waals surface area contributed by atoms with Crippen molar-refractivity contribution in [2.75, 3.05) is 0 Å². The standard InChI is InChI=1S/C40H68SSi/c1-25(2)33-24-35-36(29-19-21-30(22-20-29)40(5,6)7)27(4)41-37(35)39(33)42(8,9)38-26(3)23-34-31(17-13-14-18-32(34)38)28-15-11-10-12-16-28/h13-14,17-18,25-39H,10-12,15-16,19-24H2,1-9H3. The summed E-state index contributed by atoms with van der Waals surface area (Å²) < 4.78 is 0. The van der Waals surface area contributed by atoms with Crippen molar-refractivity contribution < 1.29 is 0 Å².